The van der Waals surface area contributed by atoms with Crippen LogP contribution in [0.25, 0.3) is 0 Å². The van der Waals surface area contributed by atoms with Crippen molar-refractivity contribution >= 4 is 5.97 Å². The highest BCUT2D eigenvalue weighted by Gasteiger charge is 2.65. The quantitative estimate of drug-likeness (QED) is 0.603. The number of carbonyl (C=O) groups excluding carboxylic acids is 1. The number of aliphatic hydroxyl groups excluding tert-OH is 3. The highest BCUT2D eigenvalue weighted by atomic mass is 16.5. The number of carbonyl (C=O) groups is 1. The van der Waals surface area contributed by atoms with Crippen molar-refractivity contribution in [1.29, 1.82) is 0 Å². The van der Waals surface area contributed by atoms with Crippen LogP contribution in [0.2, 0.25) is 0 Å². The van der Waals surface area contributed by atoms with Crippen molar-refractivity contribution in [3.63, 3.8) is 0 Å². The van der Waals surface area contributed by atoms with Gasteiger partial charge in [-0.15, -0.1) is 0 Å². The topological polar surface area (TPSA) is 87.0 Å². The molecule has 30 heavy (non-hydrogen) atoms. The minimum atomic E-state index is -0.369. The number of hydrogen-bond acceptors (Lipinski definition) is 5. The Morgan fingerprint density at radius 1 is 1.07 bits per heavy atom. The Morgan fingerprint density at radius 3 is 2.50 bits per heavy atom. The molecule has 4 aliphatic carbocycles. The lowest BCUT2D eigenvalue weighted by Crippen LogP contribution is -2.62. The molecular formula is C25H42O5. The molecule has 5 heteroatoms. The van der Waals surface area contributed by atoms with Crippen LogP contribution < -0.4 is 0 Å². The summed E-state index contributed by atoms with van der Waals surface area (Å²) >= 11 is 0. The molecule has 0 aromatic rings. The number of aliphatic hydroxyl groups is 3. The summed E-state index contributed by atoms with van der Waals surface area (Å²) in [7, 11) is 1.44. The maximum absolute atomic E-state index is 11.7. The summed E-state index contributed by atoms with van der Waals surface area (Å²) < 4.78 is 4.83. The zero-order chi connectivity index (χ0) is 21.8. The van der Waals surface area contributed by atoms with Crippen LogP contribution in [0.1, 0.15) is 78.6 Å². The van der Waals surface area contributed by atoms with Gasteiger partial charge in [-0.05, 0) is 97.7 Å². The second-order valence-electron chi connectivity index (χ2n) is 11.6. The number of methoxy groups -OCH3 is 1. The Bertz CT molecular complexity index is 651. The van der Waals surface area contributed by atoms with E-state index in [1.165, 1.54) is 7.11 Å². The fourth-order valence-electron chi connectivity index (χ4n) is 8.78. The van der Waals surface area contributed by atoms with Gasteiger partial charge in [0.1, 0.15) is 0 Å². The van der Waals surface area contributed by atoms with Gasteiger partial charge < -0.3 is 20.1 Å². The molecule has 0 saturated heterocycles. The SMILES string of the molecule is COC(=O)CC[C@@H](C)[C@H]1CC[C@H]2[C@H]3[C@H](O)C[C@H]4C[C@H](O)CC[C@]4(C)[C@H]3C[C@H](O)[C@]12C. The third-order valence-corrected chi connectivity index (χ3v) is 10.6. The molecule has 0 radical (unpaired) electrons. The smallest absolute Gasteiger partial charge is 0.305 e. The van der Waals surface area contributed by atoms with Crippen molar-refractivity contribution in [3.05, 3.63) is 0 Å². The normalized spacial score (nSPS) is 51.4. The van der Waals surface area contributed by atoms with Crippen molar-refractivity contribution in [1.82, 2.24) is 0 Å². The van der Waals surface area contributed by atoms with E-state index in [1.54, 1.807) is 0 Å². The molecule has 172 valence electrons. The molecule has 0 aromatic heterocycles. The lowest BCUT2D eigenvalue weighted by Gasteiger charge is -2.63. The molecule has 4 aliphatic rings. The third-order valence-electron chi connectivity index (χ3n) is 10.6. The number of hydrogen-bond donors (Lipinski definition) is 3. The van der Waals surface area contributed by atoms with E-state index in [1.807, 2.05) is 0 Å². The molecule has 0 spiro atoms. The van der Waals surface area contributed by atoms with Crippen LogP contribution in [0.4, 0.5) is 0 Å². The lowest BCUT2D eigenvalue weighted by atomic mass is 9.43. The molecule has 0 aliphatic heterocycles. The summed E-state index contributed by atoms with van der Waals surface area (Å²) in [5, 5.41) is 33.1. The molecule has 0 heterocycles. The number of esters is 1. The molecule has 3 N–H and O–H groups in total. The molecule has 11 atom stereocenters. The van der Waals surface area contributed by atoms with E-state index < -0.39 is 0 Å². The predicted octanol–water partition coefficient (Wildman–Crippen LogP) is 3.54. The molecular weight excluding hydrogens is 380 g/mol. The Labute approximate surface area is 181 Å². The highest BCUT2D eigenvalue weighted by Crippen LogP contribution is 2.68. The number of ether oxygens (including phenoxy) is 1. The van der Waals surface area contributed by atoms with E-state index in [0.717, 1.165) is 51.4 Å². The summed E-state index contributed by atoms with van der Waals surface area (Å²) in [6.45, 7) is 6.85. The second-order valence-corrected chi connectivity index (χ2v) is 11.6. The van der Waals surface area contributed by atoms with Crippen LogP contribution in [0.5, 0.6) is 0 Å². The first-order valence-electron chi connectivity index (χ1n) is 12.2. The first-order chi connectivity index (χ1) is 14.1. The van der Waals surface area contributed by atoms with E-state index in [0.29, 0.717) is 36.0 Å². The Morgan fingerprint density at radius 2 is 1.80 bits per heavy atom. The van der Waals surface area contributed by atoms with Gasteiger partial charge in [-0.25, -0.2) is 0 Å². The summed E-state index contributed by atoms with van der Waals surface area (Å²) in [6.07, 6.45) is 6.60. The van der Waals surface area contributed by atoms with Crippen molar-refractivity contribution in [2.75, 3.05) is 7.11 Å². The largest absolute Gasteiger partial charge is 0.469 e. The molecule has 4 fully saturated rings. The van der Waals surface area contributed by atoms with Crippen molar-refractivity contribution in [2.45, 2.75) is 96.9 Å². The molecule has 0 bridgehead atoms. The molecule has 0 aromatic carbocycles. The van der Waals surface area contributed by atoms with Crippen LogP contribution in [0, 0.1) is 46.3 Å². The standard InChI is InChI=1S/C25H42O5/c1-14(5-8-22(29)30-4)17-6-7-18-23-19(13-21(28)25(17,18)3)24(2)10-9-16(26)11-15(24)12-20(23)27/h14-21,23,26-28H,5-13H2,1-4H3/t14-,15-,16-,17-,18+,19+,20-,21+,23-,24+,25-/m1/s1. The minimum Gasteiger partial charge on any atom is -0.469 e. The van der Waals surface area contributed by atoms with Crippen molar-refractivity contribution in [2.24, 2.45) is 46.3 Å². The third kappa shape index (κ3) is 3.34. The minimum absolute atomic E-state index is 0.111. The van der Waals surface area contributed by atoms with Crippen LogP contribution in [0.15, 0.2) is 0 Å². The van der Waals surface area contributed by atoms with Crippen LogP contribution in [0.3, 0.4) is 0 Å². The fourth-order valence-corrected chi connectivity index (χ4v) is 8.78. The second kappa shape index (κ2) is 8.04. The monoisotopic (exact) mass is 422 g/mol. The maximum Gasteiger partial charge on any atom is 0.305 e. The zero-order valence-electron chi connectivity index (χ0n) is 19.2. The highest BCUT2D eigenvalue weighted by molar-refractivity contribution is 5.69. The predicted molar refractivity (Wildman–Crippen MR) is 114 cm³/mol. The van der Waals surface area contributed by atoms with Gasteiger partial charge in [-0.3, -0.25) is 4.79 Å². The summed E-state index contributed by atoms with van der Waals surface area (Å²) in [4.78, 5) is 11.7. The molecule has 0 amide bonds. The Kier molecular flexibility index (Phi) is 6.04. The van der Waals surface area contributed by atoms with Crippen LogP contribution >= 0.6 is 0 Å². The van der Waals surface area contributed by atoms with Gasteiger partial charge in [-0.1, -0.05) is 20.8 Å². The molecule has 0 unspecified atom stereocenters. The van der Waals surface area contributed by atoms with Gasteiger partial charge in [0.15, 0.2) is 0 Å². The maximum atomic E-state index is 11.7. The summed E-state index contributed by atoms with van der Waals surface area (Å²) in [5.74, 6) is 1.81. The van der Waals surface area contributed by atoms with Crippen molar-refractivity contribution < 1.29 is 24.9 Å². The molecule has 4 rings (SSSR count). The summed E-state index contributed by atoms with van der Waals surface area (Å²) in [5.41, 5.74) is -0.0882. The first kappa shape index (κ1) is 22.5. The Hall–Kier alpha value is -0.650. The van der Waals surface area contributed by atoms with E-state index >= 15 is 0 Å². The zero-order valence-corrected chi connectivity index (χ0v) is 19.2. The van der Waals surface area contributed by atoms with Gasteiger partial charge in [0.2, 0.25) is 0 Å². The van der Waals surface area contributed by atoms with Gasteiger partial charge in [0, 0.05) is 6.42 Å². The fraction of sp³-hybridized carbons (Fsp3) is 0.960. The van der Waals surface area contributed by atoms with Crippen molar-refractivity contribution in [3.8, 4) is 0 Å². The van der Waals surface area contributed by atoms with E-state index in [9.17, 15) is 20.1 Å². The average molecular weight is 423 g/mol. The van der Waals surface area contributed by atoms with Gasteiger partial charge in [-0.2, -0.15) is 0 Å². The molecule has 5 nitrogen and oxygen atoms in total. The lowest BCUT2D eigenvalue weighted by molar-refractivity contribution is -0.207. The van der Waals surface area contributed by atoms with Crippen LogP contribution in [-0.2, 0) is 9.53 Å². The number of fused-ring (bicyclic) bond motifs is 5. The van der Waals surface area contributed by atoms with E-state index in [4.69, 9.17) is 4.74 Å². The van der Waals surface area contributed by atoms with E-state index in [-0.39, 0.29) is 41.0 Å². The van der Waals surface area contributed by atoms with Gasteiger partial charge >= 0.3 is 5.97 Å². The summed E-state index contributed by atoms with van der Waals surface area (Å²) in [6, 6.07) is 0. The first-order valence-corrected chi connectivity index (χ1v) is 12.2. The van der Waals surface area contributed by atoms with Crippen LogP contribution in [-0.4, -0.2) is 46.7 Å². The van der Waals surface area contributed by atoms with E-state index in [2.05, 4.69) is 20.8 Å². The number of rotatable bonds is 4. The van der Waals surface area contributed by atoms with Gasteiger partial charge in [0.05, 0.1) is 25.4 Å². The molecule has 4 saturated carbocycles. The van der Waals surface area contributed by atoms with Gasteiger partial charge in [0.25, 0.3) is 0 Å². The average Bonchev–Trinajstić information content (AvgIpc) is 3.06. The Balaban J connectivity index is 1.58.